The molecule has 1 N–H and O–H groups in total. The van der Waals surface area contributed by atoms with E-state index in [-0.39, 0.29) is 16.3 Å². The maximum atomic E-state index is 15.1. The van der Waals surface area contributed by atoms with Crippen molar-refractivity contribution in [1.82, 2.24) is 4.98 Å². The molecule has 0 saturated carbocycles. The first-order chi connectivity index (χ1) is 17.3. The fourth-order valence-electron chi connectivity index (χ4n) is 4.32. The van der Waals surface area contributed by atoms with Crippen LogP contribution in [0.3, 0.4) is 0 Å². The van der Waals surface area contributed by atoms with E-state index in [4.69, 9.17) is 9.47 Å². The number of nitrogens with zero attached hydrogens (tertiary/aromatic N) is 2. The smallest absolute Gasteiger partial charge is 0.301 e. The van der Waals surface area contributed by atoms with E-state index in [1.807, 2.05) is 0 Å². The highest BCUT2D eigenvalue weighted by Crippen LogP contribution is 2.45. The van der Waals surface area contributed by atoms with Crippen LogP contribution in [0.25, 0.3) is 16.0 Å². The summed E-state index contributed by atoms with van der Waals surface area (Å²) in [6.45, 7) is 1.79. The third kappa shape index (κ3) is 3.77. The first-order valence-corrected chi connectivity index (χ1v) is 11.8. The third-order valence-electron chi connectivity index (χ3n) is 6.10. The summed E-state index contributed by atoms with van der Waals surface area (Å²) in [5.41, 5.74) is 1.47. The van der Waals surface area contributed by atoms with Crippen LogP contribution in [-0.2, 0) is 9.59 Å². The lowest BCUT2D eigenvalue weighted by Crippen LogP contribution is -2.29. The first kappa shape index (κ1) is 23.5. The molecule has 3 aromatic carbocycles. The second-order valence-corrected chi connectivity index (χ2v) is 9.21. The zero-order chi connectivity index (χ0) is 25.6. The van der Waals surface area contributed by atoms with Crippen LogP contribution in [0.1, 0.15) is 22.7 Å². The van der Waals surface area contributed by atoms with Crippen LogP contribution in [0.5, 0.6) is 11.5 Å². The number of amides is 1. The van der Waals surface area contributed by atoms with Gasteiger partial charge >= 0.3 is 5.91 Å². The van der Waals surface area contributed by atoms with E-state index in [0.717, 1.165) is 15.2 Å². The molecular weight excluding hydrogens is 483 g/mol. The Bertz CT molecular complexity index is 1560. The number of rotatable bonds is 5. The van der Waals surface area contributed by atoms with Crippen molar-refractivity contribution < 1.29 is 28.6 Å². The highest BCUT2D eigenvalue weighted by molar-refractivity contribution is 7.22. The molecule has 0 unspecified atom stereocenters. The Balaban J connectivity index is 1.73. The molecule has 1 atom stereocenters. The van der Waals surface area contributed by atoms with E-state index in [2.05, 4.69) is 4.98 Å². The number of aliphatic hydroxyl groups is 1. The molecule has 1 saturated heterocycles. The van der Waals surface area contributed by atoms with Crippen LogP contribution in [0.15, 0.2) is 66.2 Å². The summed E-state index contributed by atoms with van der Waals surface area (Å²) in [7, 11) is 3.07. The second kappa shape index (κ2) is 9.09. The third-order valence-corrected chi connectivity index (χ3v) is 7.12. The Kier molecular flexibility index (Phi) is 5.93. The average molecular weight is 505 g/mol. The molecule has 1 fully saturated rings. The largest absolute Gasteiger partial charge is 0.507 e. The molecule has 5 rings (SSSR count). The number of thiazole rings is 1. The van der Waals surface area contributed by atoms with E-state index in [9.17, 15) is 14.7 Å². The van der Waals surface area contributed by atoms with Gasteiger partial charge in [0.2, 0.25) is 0 Å². The molecule has 182 valence electrons. The van der Waals surface area contributed by atoms with Crippen LogP contribution in [0, 0.1) is 12.7 Å². The van der Waals surface area contributed by atoms with Gasteiger partial charge in [-0.15, -0.1) is 0 Å². The Labute approximate surface area is 210 Å². The van der Waals surface area contributed by atoms with Gasteiger partial charge in [-0.1, -0.05) is 29.5 Å². The summed E-state index contributed by atoms with van der Waals surface area (Å²) in [5.74, 6) is -1.64. The van der Waals surface area contributed by atoms with Gasteiger partial charge in [-0.2, -0.15) is 0 Å². The molecule has 36 heavy (non-hydrogen) atoms. The van der Waals surface area contributed by atoms with Crippen LogP contribution in [-0.4, -0.2) is 36.0 Å². The molecule has 4 aromatic rings. The number of methoxy groups -OCH3 is 2. The average Bonchev–Trinajstić information content (AvgIpc) is 3.41. The number of anilines is 1. The van der Waals surface area contributed by atoms with E-state index >= 15 is 4.39 Å². The fourth-order valence-corrected chi connectivity index (χ4v) is 5.35. The van der Waals surface area contributed by atoms with E-state index < -0.39 is 29.3 Å². The standard InChI is InChI=1S/C27H21FN2O5S/c1-14-12-15(8-11-20(14)35-3)24(31)22-23(17-6-4-5-7-18(17)28)30(26(33)25(22)32)27-29-19-10-9-16(34-2)13-21(19)36-27/h4-13,23,31H,1-3H3/b24-22-/t23-/m1/s1. The molecule has 1 aromatic heterocycles. The number of aryl methyl sites for hydroxylation is 1. The minimum atomic E-state index is -1.21. The maximum absolute atomic E-state index is 15.1. The topological polar surface area (TPSA) is 89.0 Å². The Morgan fingerprint density at radius 3 is 2.53 bits per heavy atom. The minimum absolute atomic E-state index is 0.0697. The van der Waals surface area contributed by atoms with Gasteiger partial charge in [0, 0.05) is 11.1 Å². The van der Waals surface area contributed by atoms with Gasteiger partial charge in [0.05, 0.1) is 30.0 Å². The highest BCUT2D eigenvalue weighted by atomic mass is 32.1. The van der Waals surface area contributed by atoms with Gasteiger partial charge in [-0.25, -0.2) is 9.37 Å². The molecular formula is C27H21FN2O5S. The monoisotopic (exact) mass is 504 g/mol. The van der Waals surface area contributed by atoms with Crippen molar-refractivity contribution in [1.29, 1.82) is 0 Å². The van der Waals surface area contributed by atoms with Crippen LogP contribution in [0.4, 0.5) is 9.52 Å². The molecule has 0 radical (unpaired) electrons. The minimum Gasteiger partial charge on any atom is -0.507 e. The summed E-state index contributed by atoms with van der Waals surface area (Å²) in [6.07, 6.45) is 0. The lowest BCUT2D eigenvalue weighted by Gasteiger charge is -2.23. The quantitative estimate of drug-likeness (QED) is 0.223. The van der Waals surface area contributed by atoms with Crippen molar-refractivity contribution in [3.8, 4) is 11.5 Å². The Morgan fingerprint density at radius 2 is 1.83 bits per heavy atom. The summed E-state index contributed by atoms with van der Waals surface area (Å²) in [5, 5.41) is 11.5. The summed E-state index contributed by atoms with van der Waals surface area (Å²) in [6, 6.07) is 14.8. The van der Waals surface area contributed by atoms with Crippen molar-refractivity contribution in [3.05, 3.63) is 88.7 Å². The normalized spacial score (nSPS) is 17.1. The summed E-state index contributed by atoms with van der Waals surface area (Å²) < 4.78 is 26.4. The molecule has 7 nitrogen and oxygen atoms in total. The number of benzene rings is 3. The van der Waals surface area contributed by atoms with Gasteiger partial charge in [0.15, 0.2) is 5.13 Å². The zero-order valence-electron chi connectivity index (χ0n) is 19.6. The fraction of sp³-hybridized carbons (Fsp3) is 0.148. The van der Waals surface area contributed by atoms with Gasteiger partial charge in [0.25, 0.3) is 5.78 Å². The number of ketones is 1. The first-order valence-electron chi connectivity index (χ1n) is 11.0. The van der Waals surface area contributed by atoms with Crippen LogP contribution >= 0.6 is 11.3 Å². The van der Waals surface area contributed by atoms with Gasteiger partial charge in [-0.05, 0) is 55.0 Å². The molecule has 1 aliphatic rings. The molecule has 0 spiro atoms. The molecule has 1 aliphatic heterocycles. The van der Waals surface area contributed by atoms with Gasteiger partial charge in [0.1, 0.15) is 29.1 Å². The number of aromatic nitrogens is 1. The van der Waals surface area contributed by atoms with Crippen molar-refractivity contribution in [2.24, 2.45) is 0 Å². The number of halogens is 1. The van der Waals surface area contributed by atoms with Crippen molar-refractivity contribution in [2.45, 2.75) is 13.0 Å². The Morgan fingerprint density at radius 1 is 1.06 bits per heavy atom. The van der Waals surface area contributed by atoms with E-state index in [1.165, 1.54) is 36.6 Å². The highest BCUT2D eigenvalue weighted by Gasteiger charge is 2.49. The molecule has 9 heteroatoms. The molecule has 0 bridgehead atoms. The number of hydrogen-bond acceptors (Lipinski definition) is 7. The van der Waals surface area contributed by atoms with Gasteiger partial charge < -0.3 is 14.6 Å². The number of Topliss-reactive ketones (excluding diaryl/α,β-unsaturated/α-hetero) is 1. The van der Waals surface area contributed by atoms with E-state index in [0.29, 0.717) is 22.6 Å². The number of fused-ring (bicyclic) bond motifs is 1. The lowest BCUT2D eigenvalue weighted by molar-refractivity contribution is -0.132. The number of ether oxygens (including phenoxy) is 2. The van der Waals surface area contributed by atoms with Crippen LogP contribution < -0.4 is 14.4 Å². The summed E-state index contributed by atoms with van der Waals surface area (Å²) >= 11 is 1.17. The lowest BCUT2D eigenvalue weighted by atomic mass is 9.94. The van der Waals surface area contributed by atoms with Crippen molar-refractivity contribution >= 4 is 44.1 Å². The van der Waals surface area contributed by atoms with Crippen LogP contribution in [0.2, 0.25) is 0 Å². The molecule has 2 heterocycles. The van der Waals surface area contributed by atoms with Gasteiger partial charge in [-0.3, -0.25) is 14.5 Å². The second-order valence-electron chi connectivity index (χ2n) is 8.21. The van der Waals surface area contributed by atoms with Crippen molar-refractivity contribution in [2.75, 3.05) is 19.1 Å². The number of aliphatic hydroxyl groups excluding tert-OH is 1. The number of carbonyl (C=O) groups is 2. The molecule has 0 aliphatic carbocycles. The Hall–Kier alpha value is -4.24. The van der Waals surface area contributed by atoms with Crippen molar-refractivity contribution in [3.63, 3.8) is 0 Å². The van der Waals surface area contributed by atoms with E-state index in [1.54, 1.807) is 56.5 Å². The zero-order valence-corrected chi connectivity index (χ0v) is 20.4. The predicted molar refractivity (Wildman–Crippen MR) is 135 cm³/mol. The molecule has 1 amide bonds. The predicted octanol–water partition coefficient (Wildman–Crippen LogP) is 5.39. The SMILES string of the molecule is COc1ccc2nc(N3C(=O)C(=O)/C(=C(\O)c4ccc(OC)c(C)c4)[C@H]3c3ccccc3F)sc2c1. The number of carbonyl (C=O) groups excluding carboxylic acids is 2. The summed E-state index contributed by atoms with van der Waals surface area (Å²) in [4.78, 5) is 32.4. The maximum Gasteiger partial charge on any atom is 0.301 e. The number of hydrogen-bond donors (Lipinski definition) is 1.